The molecule has 0 aliphatic heterocycles. The number of hydrogen-bond acceptors (Lipinski definition) is 5. The standard InChI is InChI=1S/C6H6O3.C4H4O4/c7-3-5-1-2-9-6(5)4-8;5-3(6)1-2-4(7)8/h1-2,4,7H,3H2;1-2H,(H,5,6)(H,7,8)/b;2-1-. The zero-order valence-corrected chi connectivity index (χ0v) is 8.57. The number of aldehydes is 1. The molecule has 0 saturated carbocycles. The highest BCUT2D eigenvalue weighted by Gasteiger charge is 2.00. The number of rotatable bonds is 4. The fourth-order valence-electron chi connectivity index (χ4n) is 0.724. The smallest absolute Gasteiger partial charge is 0.328 e. The summed E-state index contributed by atoms with van der Waals surface area (Å²) in [6, 6.07) is 1.56. The lowest BCUT2D eigenvalue weighted by Gasteiger charge is -1.85. The number of aliphatic hydroxyl groups is 1. The minimum Gasteiger partial charge on any atom is -0.478 e. The second-order valence-electron chi connectivity index (χ2n) is 2.60. The van der Waals surface area contributed by atoms with E-state index in [9.17, 15) is 14.4 Å². The fourth-order valence-corrected chi connectivity index (χ4v) is 0.724. The van der Waals surface area contributed by atoms with Crippen LogP contribution in [0.5, 0.6) is 0 Å². The monoisotopic (exact) mass is 242 g/mol. The third-order valence-electron chi connectivity index (χ3n) is 1.43. The second-order valence-corrected chi connectivity index (χ2v) is 2.60. The van der Waals surface area contributed by atoms with Gasteiger partial charge in [0.2, 0.25) is 0 Å². The molecule has 92 valence electrons. The van der Waals surface area contributed by atoms with Gasteiger partial charge in [-0.05, 0) is 6.07 Å². The van der Waals surface area contributed by atoms with E-state index in [1.165, 1.54) is 6.26 Å². The molecule has 1 rings (SSSR count). The van der Waals surface area contributed by atoms with Crippen molar-refractivity contribution in [2.45, 2.75) is 6.61 Å². The van der Waals surface area contributed by atoms with E-state index in [2.05, 4.69) is 4.42 Å². The average molecular weight is 242 g/mol. The van der Waals surface area contributed by atoms with Crippen molar-refractivity contribution < 1.29 is 34.1 Å². The molecule has 0 aromatic carbocycles. The van der Waals surface area contributed by atoms with Gasteiger partial charge in [-0.25, -0.2) is 9.59 Å². The average Bonchev–Trinajstić information content (AvgIpc) is 2.74. The summed E-state index contributed by atoms with van der Waals surface area (Å²) in [7, 11) is 0. The first kappa shape index (κ1) is 14.6. The van der Waals surface area contributed by atoms with Crippen LogP contribution in [0.25, 0.3) is 0 Å². The Morgan fingerprint density at radius 2 is 1.76 bits per heavy atom. The van der Waals surface area contributed by atoms with Crippen LogP contribution < -0.4 is 0 Å². The predicted octanol–water partition coefficient (Wildman–Crippen LogP) is 0.296. The lowest BCUT2D eigenvalue weighted by atomic mass is 10.3. The molecule has 0 aliphatic rings. The lowest BCUT2D eigenvalue weighted by molar-refractivity contribution is -0.134. The summed E-state index contributed by atoms with van der Waals surface area (Å²) >= 11 is 0. The molecule has 0 radical (unpaired) electrons. The molecule has 1 heterocycles. The van der Waals surface area contributed by atoms with Crippen LogP contribution in [0.2, 0.25) is 0 Å². The van der Waals surface area contributed by atoms with E-state index in [-0.39, 0.29) is 12.4 Å². The van der Waals surface area contributed by atoms with Crippen LogP contribution in [0.15, 0.2) is 28.9 Å². The molecule has 3 N–H and O–H groups in total. The molecule has 0 fully saturated rings. The molecule has 0 bridgehead atoms. The molecule has 0 atom stereocenters. The minimum absolute atomic E-state index is 0.148. The maximum Gasteiger partial charge on any atom is 0.328 e. The highest BCUT2D eigenvalue weighted by molar-refractivity contribution is 5.89. The quantitative estimate of drug-likeness (QED) is 0.512. The maximum atomic E-state index is 10.0. The van der Waals surface area contributed by atoms with Crippen LogP contribution >= 0.6 is 0 Å². The number of carbonyl (C=O) groups is 3. The summed E-state index contributed by atoms with van der Waals surface area (Å²) in [6.07, 6.45) is 3.06. The Labute approximate surface area is 95.6 Å². The molecule has 1 aromatic heterocycles. The maximum absolute atomic E-state index is 10.0. The van der Waals surface area contributed by atoms with Crippen molar-refractivity contribution in [3.05, 3.63) is 35.8 Å². The van der Waals surface area contributed by atoms with Gasteiger partial charge < -0.3 is 19.7 Å². The summed E-state index contributed by atoms with van der Waals surface area (Å²) in [5.41, 5.74) is 0.532. The van der Waals surface area contributed by atoms with Crippen molar-refractivity contribution in [1.82, 2.24) is 0 Å². The van der Waals surface area contributed by atoms with E-state index < -0.39 is 11.9 Å². The number of aliphatic hydroxyl groups excluding tert-OH is 1. The largest absolute Gasteiger partial charge is 0.478 e. The van der Waals surface area contributed by atoms with E-state index in [1.54, 1.807) is 6.07 Å². The Morgan fingerprint density at radius 1 is 1.24 bits per heavy atom. The van der Waals surface area contributed by atoms with Gasteiger partial charge in [-0.1, -0.05) is 0 Å². The molecule has 0 unspecified atom stereocenters. The number of carboxylic acids is 2. The number of hydrogen-bond donors (Lipinski definition) is 3. The first-order chi connectivity index (χ1) is 8.01. The van der Waals surface area contributed by atoms with Gasteiger partial charge in [0.15, 0.2) is 12.0 Å². The topological polar surface area (TPSA) is 125 Å². The molecular weight excluding hydrogens is 232 g/mol. The van der Waals surface area contributed by atoms with Gasteiger partial charge in [0, 0.05) is 17.7 Å². The Kier molecular flexibility index (Phi) is 6.72. The Morgan fingerprint density at radius 3 is 2.06 bits per heavy atom. The molecule has 0 aliphatic carbocycles. The van der Waals surface area contributed by atoms with Gasteiger partial charge >= 0.3 is 11.9 Å². The number of carboxylic acid groups (broad SMARTS) is 2. The third kappa shape index (κ3) is 6.63. The summed E-state index contributed by atoms with van der Waals surface area (Å²) in [4.78, 5) is 29.1. The van der Waals surface area contributed by atoms with Crippen LogP contribution in [0.3, 0.4) is 0 Å². The first-order valence-corrected chi connectivity index (χ1v) is 4.27. The van der Waals surface area contributed by atoms with Crippen LogP contribution in [0.4, 0.5) is 0 Å². The zero-order chi connectivity index (χ0) is 13.3. The minimum atomic E-state index is -1.26. The molecule has 17 heavy (non-hydrogen) atoms. The SMILES string of the molecule is O=C(O)/C=C\C(=O)O.O=Cc1occc1CO. The molecule has 0 saturated heterocycles. The highest BCUT2D eigenvalue weighted by atomic mass is 16.4. The zero-order valence-electron chi connectivity index (χ0n) is 8.57. The molecular formula is C10H10O7. The van der Waals surface area contributed by atoms with E-state index >= 15 is 0 Å². The van der Waals surface area contributed by atoms with Gasteiger partial charge in [0.1, 0.15) is 0 Å². The van der Waals surface area contributed by atoms with Crippen molar-refractivity contribution in [3.8, 4) is 0 Å². The molecule has 0 amide bonds. The molecule has 7 heteroatoms. The number of aliphatic carboxylic acids is 2. The molecule has 0 spiro atoms. The van der Waals surface area contributed by atoms with Gasteiger partial charge in [-0.2, -0.15) is 0 Å². The highest BCUT2D eigenvalue weighted by Crippen LogP contribution is 2.06. The van der Waals surface area contributed by atoms with Crippen LogP contribution in [-0.2, 0) is 16.2 Å². The Hall–Kier alpha value is -2.41. The van der Waals surface area contributed by atoms with E-state index in [0.29, 0.717) is 24.0 Å². The van der Waals surface area contributed by atoms with Crippen molar-refractivity contribution in [2.75, 3.05) is 0 Å². The van der Waals surface area contributed by atoms with Crippen molar-refractivity contribution >= 4 is 18.2 Å². The normalized spacial score (nSPS) is 9.47. The van der Waals surface area contributed by atoms with Crippen LogP contribution in [0, 0.1) is 0 Å². The van der Waals surface area contributed by atoms with Gasteiger partial charge in [-0.3, -0.25) is 4.79 Å². The van der Waals surface area contributed by atoms with Crippen LogP contribution in [-0.4, -0.2) is 33.5 Å². The molecule has 1 aromatic rings. The van der Waals surface area contributed by atoms with E-state index in [4.69, 9.17) is 15.3 Å². The lowest BCUT2D eigenvalue weighted by Crippen LogP contribution is -1.91. The van der Waals surface area contributed by atoms with E-state index in [0.717, 1.165) is 0 Å². The second kappa shape index (κ2) is 7.83. The van der Waals surface area contributed by atoms with Crippen LogP contribution in [0.1, 0.15) is 16.1 Å². The fraction of sp³-hybridized carbons (Fsp3) is 0.100. The summed E-state index contributed by atoms with van der Waals surface area (Å²) in [5, 5.41) is 24.1. The van der Waals surface area contributed by atoms with Gasteiger partial charge in [0.05, 0.1) is 12.9 Å². The van der Waals surface area contributed by atoms with Crippen molar-refractivity contribution in [1.29, 1.82) is 0 Å². The number of carbonyl (C=O) groups excluding carboxylic acids is 1. The number of furan rings is 1. The Balaban J connectivity index is 0.000000304. The van der Waals surface area contributed by atoms with Gasteiger partial charge in [0.25, 0.3) is 0 Å². The molecule has 7 nitrogen and oxygen atoms in total. The summed E-state index contributed by atoms with van der Waals surface area (Å²) in [6.45, 7) is -0.148. The van der Waals surface area contributed by atoms with E-state index in [1.807, 2.05) is 0 Å². The van der Waals surface area contributed by atoms with Gasteiger partial charge in [-0.15, -0.1) is 0 Å². The predicted molar refractivity (Wildman–Crippen MR) is 54.4 cm³/mol. The summed E-state index contributed by atoms with van der Waals surface area (Å²) in [5.74, 6) is -2.31. The Bertz CT molecular complexity index is 400. The van der Waals surface area contributed by atoms with Crippen molar-refractivity contribution in [3.63, 3.8) is 0 Å². The van der Waals surface area contributed by atoms with Crippen molar-refractivity contribution in [2.24, 2.45) is 0 Å². The first-order valence-electron chi connectivity index (χ1n) is 4.27. The summed E-state index contributed by atoms with van der Waals surface area (Å²) < 4.78 is 4.68. The third-order valence-corrected chi connectivity index (χ3v) is 1.43.